The normalized spacial score (nSPS) is 22.9. The minimum absolute atomic E-state index is 0.293. The topological polar surface area (TPSA) is 18.5 Å². The maximum Gasteiger partial charge on any atom is 0.169 e. The van der Waals surface area contributed by atoms with Crippen LogP contribution in [0.5, 0.6) is 0 Å². The second-order valence-electron chi connectivity index (χ2n) is 3.69. The second-order valence-corrected chi connectivity index (χ2v) is 5.51. The second kappa shape index (κ2) is 4.23. The Morgan fingerprint density at radius 1 is 1.36 bits per heavy atom. The molecule has 0 radical (unpaired) electrons. The molecule has 66 valence electrons. The molecule has 1 aliphatic heterocycles. The summed E-state index contributed by atoms with van der Waals surface area (Å²) in [7, 11) is -0.293. The van der Waals surface area contributed by atoms with Crippen LogP contribution in [0.25, 0.3) is 0 Å². The third-order valence-electron chi connectivity index (χ3n) is 2.24. The highest BCUT2D eigenvalue weighted by molar-refractivity contribution is 6.30. The van der Waals surface area contributed by atoms with E-state index in [0.29, 0.717) is 12.0 Å². The molecule has 0 N–H and O–H groups in total. The van der Waals surface area contributed by atoms with E-state index >= 15 is 0 Å². The fraction of sp³-hybridized carbons (Fsp3) is 1.00. The number of rotatable bonds is 4. The molecule has 0 saturated carbocycles. The highest BCUT2D eigenvalue weighted by Crippen LogP contribution is 2.16. The summed E-state index contributed by atoms with van der Waals surface area (Å²) >= 11 is 0. The molecule has 0 aromatic carbocycles. The largest absolute Gasteiger partial charge is 0.421 e. The summed E-state index contributed by atoms with van der Waals surface area (Å²) in [5, 5.41) is 0. The molecule has 0 aromatic rings. The van der Waals surface area contributed by atoms with Gasteiger partial charge in [-0.05, 0) is 12.8 Å². The molecule has 1 atom stereocenters. The Kier molecular flexibility index (Phi) is 3.55. The van der Waals surface area contributed by atoms with Crippen LogP contribution in [0.15, 0.2) is 0 Å². The molecule has 0 aromatic heterocycles. The zero-order valence-electron chi connectivity index (χ0n) is 7.67. The van der Waals surface area contributed by atoms with Crippen LogP contribution in [0.1, 0.15) is 20.8 Å². The summed E-state index contributed by atoms with van der Waals surface area (Å²) in [6, 6.07) is 0. The van der Waals surface area contributed by atoms with Gasteiger partial charge in [0.25, 0.3) is 0 Å². The molecular weight excluding hydrogens is 156 g/mol. The highest BCUT2D eigenvalue weighted by atomic mass is 28.2. The third-order valence-corrected chi connectivity index (χ3v) is 3.90. The van der Waals surface area contributed by atoms with Crippen LogP contribution in [0, 0.1) is 5.92 Å². The van der Waals surface area contributed by atoms with E-state index in [4.69, 9.17) is 9.16 Å². The van der Waals surface area contributed by atoms with Gasteiger partial charge in [-0.2, -0.15) is 0 Å². The SMILES string of the molecule is CC(C)C(C)O[SiH2]C1COC1. The van der Waals surface area contributed by atoms with Crippen molar-refractivity contribution in [3.05, 3.63) is 0 Å². The van der Waals surface area contributed by atoms with E-state index in [-0.39, 0.29) is 9.76 Å². The van der Waals surface area contributed by atoms with E-state index < -0.39 is 0 Å². The molecular formula is C8H18O2Si. The first kappa shape index (κ1) is 9.23. The molecule has 0 aliphatic carbocycles. The minimum atomic E-state index is -0.293. The number of hydrogen-bond acceptors (Lipinski definition) is 2. The fourth-order valence-corrected chi connectivity index (χ4v) is 2.35. The van der Waals surface area contributed by atoms with E-state index in [1.165, 1.54) is 0 Å². The van der Waals surface area contributed by atoms with Crippen molar-refractivity contribution in [2.45, 2.75) is 32.4 Å². The van der Waals surface area contributed by atoms with Crippen molar-refractivity contribution in [3.8, 4) is 0 Å². The van der Waals surface area contributed by atoms with Crippen molar-refractivity contribution < 1.29 is 9.16 Å². The van der Waals surface area contributed by atoms with Gasteiger partial charge in [0, 0.05) is 11.6 Å². The Labute approximate surface area is 71.2 Å². The summed E-state index contributed by atoms with van der Waals surface area (Å²) in [6.45, 7) is 8.48. The Balaban J connectivity index is 2.01. The summed E-state index contributed by atoms with van der Waals surface area (Å²) in [5.41, 5.74) is 0.802. The zero-order chi connectivity index (χ0) is 8.27. The standard InChI is InChI=1S/C8H18O2Si/c1-6(2)7(3)10-11-8-4-9-5-8/h6-8H,4-5,11H2,1-3H3. The van der Waals surface area contributed by atoms with Crippen molar-refractivity contribution in [2.75, 3.05) is 13.2 Å². The van der Waals surface area contributed by atoms with Crippen molar-refractivity contribution in [1.29, 1.82) is 0 Å². The lowest BCUT2D eigenvalue weighted by molar-refractivity contribution is 0.0270. The lowest BCUT2D eigenvalue weighted by Crippen LogP contribution is -2.31. The van der Waals surface area contributed by atoms with Gasteiger partial charge in [0.05, 0.1) is 13.2 Å². The van der Waals surface area contributed by atoms with E-state index in [0.717, 1.165) is 18.8 Å². The predicted molar refractivity (Wildman–Crippen MR) is 48.5 cm³/mol. The van der Waals surface area contributed by atoms with Crippen LogP contribution in [0.2, 0.25) is 5.54 Å². The van der Waals surface area contributed by atoms with Gasteiger partial charge in [0.1, 0.15) is 0 Å². The van der Waals surface area contributed by atoms with E-state index in [1.807, 2.05) is 0 Å². The molecule has 1 rings (SSSR count). The van der Waals surface area contributed by atoms with Crippen molar-refractivity contribution in [1.82, 2.24) is 0 Å². The molecule has 1 fully saturated rings. The Hall–Kier alpha value is 0.137. The smallest absolute Gasteiger partial charge is 0.169 e. The highest BCUT2D eigenvalue weighted by Gasteiger charge is 2.20. The van der Waals surface area contributed by atoms with Crippen molar-refractivity contribution in [2.24, 2.45) is 5.92 Å². The van der Waals surface area contributed by atoms with Crippen LogP contribution in [0.3, 0.4) is 0 Å². The minimum Gasteiger partial charge on any atom is -0.421 e. The van der Waals surface area contributed by atoms with Gasteiger partial charge in [-0.3, -0.25) is 0 Å². The maximum absolute atomic E-state index is 5.77. The Bertz CT molecular complexity index is 113. The van der Waals surface area contributed by atoms with Crippen molar-refractivity contribution in [3.63, 3.8) is 0 Å². The maximum atomic E-state index is 5.77. The summed E-state index contributed by atoms with van der Waals surface area (Å²) in [4.78, 5) is 0. The van der Waals surface area contributed by atoms with E-state index in [9.17, 15) is 0 Å². The van der Waals surface area contributed by atoms with Crippen LogP contribution in [-0.2, 0) is 9.16 Å². The summed E-state index contributed by atoms with van der Waals surface area (Å²) in [5.74, 6) is 0.656. The van der Waals surface area contributed by atoms with E-state index in [2.05, 4.69) is 20.8 Å². The summed E-state index contributed by atoms with van der Waals surface area (Å²) < 4.78 is 10.8. The monoisotopic (exact) mass is 174 g/mol. The molecule has 2 nitrogen and oxygen atoms in total. The van der Waals surface area contributed by atoms with Crippen LogP contribution in [-0.4, -0.2) is 29.1 Å². The van der Waals surface area contributed by atoms with Crippen LogP contribution < -0.4 is 0 Å². The molecule has 11 heavy (non-hydrogen) atoms. The Morgan fingerprint density at radius 2 is 2.00 bits per heavy atom. The fourth-order valence-electron chi connectivity index (χ4n) is 0.861. The van der Waals surface area contributed by atoms with Crippen LogP contribution >= 0.6 is 0 Å². The van der Waals surface area contributed by atoms with Crippen molar-refractivity contribution >= 4 is 9.76 Å². The molecule has 0 bridgehead atoms. The molecule has 1 unspecified atom stereocenters. The number of ether oxygens (including phenoxy) is 1. The lowest BCUT2D eigenvalue weighted by atomic mass is 10.1. The molecule has 3 heteroatoms. The Morgan fingerprint density at radius 3 is 2.36 bits per heavy atom. The molecule has 1 heterocycles. The first-order valence-electron chi connectivity index (χ1n) is 4.39. The van der Waals surface area contributed by atoms with Gasteiger partial charge >= 0.3 is 0 Å². The quantitative estimate of drug-likeness (QED) is 0.591. The summed E-state index contributed by atoms with van der Waals surface area (Å²) in [6.07, 6.45) is 0.447. The van der Waals surface area contributed by atoms with Gasteiger partial charge in [0.15, 0.2) is 9.76 Å². The molecule has 0 spiro atoms. The predicted octanol–water partition coefficient (Wildman–Crippen LogP) is 0.950. The van der Waals surface area contributed by atoms with Gasteiger partial charge in [-0.25, -0.2) is 0 Å². The number of hydrogen-bond donors (Lipinski definition) is 0. The third kappa shape index (κ3) is 2.93. The first-order chi connectivity index (χ1) is 5.20. The van der Waals surface area contributed by atoms with Gasteiger partial charge in [0.2, 0.25) is 0 Å². The van der Waals surface area contributed by atoms with E-state index in [1.54, 1.807) is 0 Å². The van der Waals surface area contributed by atoms with Crippen LogP contribution in [0.4, 0.5) is 0 Å². The average Bonchev–Trinajstić information content (AvgIpc) is 1.83. The molecule has 0 amide bonds. The lowest BCUT2D eigenvalue weighted by Gasteiger charge is -2.27. The zero-order valence-corrected chi connectivity index (χ0v) is 9.08. The molecule has 1 saturated heterocycles. The van der Waals surface area contributed by atoms with Gasteiger partial charge in [-0.15, -0.1) is 0 Å². The average molecular weight is 174 g/mol. The first-order valence-corrected chi connectivity index (χ1v) is 5.79. The van der Waals surface area contributed by atoms with Gasteiger partial charge in [-0.1, -0.05) is 13.8 Å². The van der Waals surface area contributed by atoms with Gasteiger partial charge < -0.3 is 9.16 Å². The molecule has 1 aliphatic rings.